The summed E-state index contributed by atoms with van der Waals surface area (Å²) in [6.45, 7) is 11.8. The first-order chi connectivity index (χ1) is 18.9. The van der Waals surface area contributed by atoms with Crippen molar-refractivity contribution in [3.63, 3.8) is 0 Å². The smallest absolute Gasteiger partial charge is 0.338 e. The fraction of sp³-hybridized carbons (Fsp3) is 0.714. The van der Waals surface area contributed by atoms with Crippen LogP contribution in [0.1, 0.15) is 37.6 Å². The maximum absolute atomic E-state index is 11.8. The lowest BCUT2D eigenvalue weighted by Crippen LogP contribution is -2.24. The van der Waals surface area contributed by atoms with Gasteiger partial charge in [0.15, 0.2) is 0 Å². The molecule has 0 saturated heterocycles. The van der Waals surface area contributed by atoms with Crippen molar-refractivity contribution in [2.24, 2.45) is 0 Å². The molecule has 1 rings (SSSR count). The second-order valence-electron chi connectivity index (χ2n) is 9.12. The van der Waals surface area contributed by atoms with Crippen molar-refractivity contribution in [1.29, 1.82) is 0 Å². The first-order valence-corrected chi connectivity index (χ1v) is 13.4. The number of esters is 2. The summed E-state index contributed by atoms with van der Waals surface area (Å²) >= 11 is 0. The van der Waals surface area contributed by atoms with Crippen LogP contribution in [-0.2, 0) is 47.4 Å². The minimum absolute atomic E-state index is 0.199. The average Bonchev–Trinajstić information content (AvgIpc) is 2.90. The number of rotatable bonds is 25. The van der Waals surface area contributed by atoms with Crippen LogP contribution in [0.5, 0.6) is 0 Å². The van der Waals surface area contributed by atoms with E-state index < -0.39 is 5.60 Å². The van der Waals surface area contributed by atoms with E-state index in [2.05, 4.69) is 0 Å². The number of hydrogen-bond acceptors (Lipinski definition) is 11. The van der Waals surface area contributed by atoms with E-state index in [0.717, 1.165) is 0 Å². The molecule has 0 bridgehead atoms. The molecule has 0 aliphatic carbocycles. The number of hydrogen-bond donors (Lipinski definition) is 0. The van der Waals surface area contributed by atoms with Gasteiger partial charge in [0.2, 0.25) is 0 Å². The van der Waals surface area contributed by atoms with Crippen molar-refractivity contribution in [1.82, 2.24) is 0 Å². The van der Waals surface area contributed by atoms with Gasteiger partial charge in [-0.15, -0.1) is 0 Å². The van der Waals surface area contributed by atoms with Gasteiger partial charge in [0.1, 0.15) is 12.2 Å². The van der Waals surface area contributed by atoms with E-state index in [4.69, 9.17) is 42.6 Å². The van der Waals surface area contributed by atoms with Crippen LogP contribution < -0.4 is 0 Å². The highest BCUT2D eigenvalue weighted by Gasteiger charge is 2.15. The van der Waals surface area contributed by atoms with Crippen LogP contribution in [0.3, 0.4) is 0 Å². The van der Waals surface area contributed by atoms with Crippen molar-refractivity contribution in [2.45, 2.75) is 32.8 Å². The molecule has 1 aromatic rings. The van der Waals surface area contributed by atoms with Crippen LogP contribution in [0.2, 0.25) is 0 Å². The normalized spacial score (nSPS) is 11.5. The summed E-state index contributed by atoms with van der Waals surface area (Å²) in [5, 5.41) is 0. The topological polar surface area (TPSA) is 117 Å². The van der Waals surface area contributed by atoms with E-state index in [1.165, 1.54) is 0 Å². The molecule has 0 unspecified atom stereocenters. The molecule has 0 N–H and O–H groups in total. The van der Waals surface area contributed by atoms with Crippen molar-refractivity contribution < 1.29 is 52.2 Å². The van der Waals surface area contributed by atoms with Gasteiger partial charge in [-0.2, -0.15) is 0 Å². The lowest BCUT2D eigenvalue weighted by atomic mass is 10.2. The first-order valence-electron chi connectivity index (χ1n) is 13.4. The summed E-state index contributed by atoms with van der Waals surface area (Å²) in [5.74, 6) is -0.627. The van der Waals surface area contributed by atoms with Gasteiger partial charge in [0.25, 0.3) is 0 Å². The monoisotopic (exact) mass is 558 g/mol. The van der Waals surface area contributed by atoms with Crippen LogP contribution in [0.15, 0.2) is 30.3 Å². The third-order valence-electron chi connectivity index (χ3n) is 4.57. The van der Waals surface area contributed by atoms with Crippen molar-refractivity contribution in [3.05, 3.63) is 35.9 Å². The quantitative estimate of drug-likeness (QED) is 0.130. The van der Waals surface area contributed by atoms with Gasteiger partial charge >= 0.3 is 11.9 Å². The molecule has 0 aromatic heterocycles. The van der Waals surface area contributed by atoms with Crippen molar-refractivity contribution >= 4 is 11.9 Å². The SMILES string of the molecule is CC(C)(C)OC(=O)CCOCCOCCOCCOCCOCCOCCOCCOC(=O)c1ccccc1. The van der Waals surface area contributed by atoms with E-state index in [1.807, 2.05) is 26.8 Å². The van der Waals surface area contributed by atoms with Gasteiger partial charge in [-0.1, -0.05) is 18.2 Å². The summed E-state index contributed by atoms with van der Waals surface area (Å²) in [6.07, 6.45) is 0.229. The van der Waals surface area contributed by atoms with Gasteiger partial charge < -0.3 is 42.6 Å². The number of ether oxygens (including phenoxy) is 9. The zero-order valence-electron chi connectivity index (χ0n) is 23.7. The predicted octanol–water partition coefficient (Wildman–Crippen LogP) is 2.69. The molecule has 0 saturated carbocycles. The second kappa shape index (κ2) is 23.7. The fourth-order valence-corrected chi connectivity index (χ4v) is 2.82. The van der Waals surface area contributed by atoms with E-state index in [-0.39, 0.29) is 25.0 Å². The lowest BCUT2D eigenvalue weighted by molar-refractivity contribution is -0.156. The minimum Gasteiger partial charge on any atom is -0.460 e. The average molecular weight is 559 g/mol. The number of benzene rings is 1. The zero-order chi connectivity index (χ0) is 28.4. The lowest BCUT2D eigenvalue weighted by Gasteiger charge is -2.19. The Morgan fingerprint density at radius 1 is 0.538 bits per heavy atom. The van der Waals surface area contributed by atoms with Crippen molar-refractivity contribution in [2.75, 3.05) is 99.1 Å². The first kappa shape index (κ1) is 34.9. The maximum Gasteiger partial charge on any atom is 0.338 e. The molecule has 224 valence electrons. The molecule has 11 nitrogen and oxygen atoms in total. The Labute approximate surface area is 232 Å². The minimum atomic E-state index is -0.474. The highest BCUT2D eigenvalue weighted by atomic mass is 16.6. The van der Waals surface area contributed by atoms with Crippen LogP contribution >= 0.6 is 0 Å². The van der Waals surface area contributed by atoms with Gasteiger partial charge in [-0.25, -0.2) is 4.79 Å². The third-order valence-corrected chi connectivity index (χ3v) is 4.57. The van der Waals surface area contributed by atoms with E-state index in [1.54, 1.807) is 24.3 Å². The molecule has 1 aromatic carbocycles. The standard InChI is InChI=1S/C28H46O11/c1-28(2,3)39-26(29)9-10-31-11-12-32-13-14-33-15-16-34-17-18-35-19-20-36-21-22-37-23-24-38-27(30)25-7-5-4-6-8-25/h4-8H,9-24H2,1-3H3. The summed E-state index contributed by atoms with van der Waals surface area (Å²) in [6, 6.07) is 8.83. The second-order valence-corrected chi connectivity index (χ2v) is 9.12. The van der Waals surface area contributed by atoms with Crippen molar-refractivity contribution in [3.8, 4) is 0 Å². The summed E-state index contributed by atoms with van der Waals surface area (Å²) in [4.78, 5) is 23.3. The van der Waals surface area contributed by atoms with Gasteiger partial charge in [0.05, 0.1) is 104 Å². The van der Waals surface area contributed by atoms with Gasteiger partial charge in [-0.3, -0.25) is 4.79 Å². The maximum atomic E-state index is 11.8. The van der Waals surface area contributed by atoms with Gasteiger partial charge in [-0.05, 0) is 32.9 Å². The van der Waals surface area contributed by atoms with E-state index in [9.17, 15) is 9.59 Å². The Morgan fingerprint density at radius 2 is 0.897 bits per heavy atom. The molecular formula is C28H46O11. The van der Waals surface area contributed by atoms with Crippen LogP contribution in [-0.4, -0.2) is 117 Å². The Hall–Kier alpha value is -2.12. The molecule has 0 fully saturated rings. The largest absolute Gasteiger partial charge is 0.460 e. The van der Waals surface area contributed by atoms with Crippen LogP contribution in [0, 0.1) is 0 Å². The molecule has 0 amide bonds. The molecule has 0 spiro atoms. The molecular weight excluding hydrogens is 512 g/mol. The fourth-order valence-electron chi connectivity index (χ4n) is 2.82. The Morgan fingerprint density at radius 3 is 1.28 bits per heavy atom. The predicted molar refractivity (Wildman–Crippen MR) is 143 cm³/mol. The molecule has 0 atom stereocenters. The Kier molecular flexibility index (Phi) is 21.2. The molecule has 0 heterocycles. The highest BCUT2D eigenvalue weighted by molar-refractivity contribution is 5.89. The molecule has 39 heavy (non-hydrogen) atoms. The third kappa shape index (κ3) is 23.5. The van der Waals surface area contributed by atoms with Crippen LogP contribution in [0.25, 0.3) is 0 Å². The summed E-state index contributed by atoms with van der Waals surface area (Å²) < 4.78 is 48.2. The van der Waals surface area contributed by atoms with Crippen LogP contribution in [0.4, 0.5) is 0 Å². The number of carbonyl (C=O) groups is 2. The highest BCUT2D eigenvalue weighted by Crippen LogP contribution is 2.08. The molecule has 0 aliphatic heterocycles. The number of carbonyl (C=O) groups excluding carboxylic acids is 2. The van der Waals surface area contributed by atoms with Gasteiger partial charge in [0, 0.05) is 0 Å². The summed E-state index contributed by atoms with van der Waals surface area (Å²) in [5.41, 5.74) is 0.0485. The summed E-state index contributed by atoms with van der Waals surface area (Å²) in [7, 11) is 0. The van der Waals surface area contributed by atoms with E-state index in [0.29, 0.717) is 98.1 Å². The Bertz CT molecular complexity index is 722. The molecule has 0 aliphatic rings. The molecule has 11 heteroatoms. The van der Waals surface area contributed by atoms with E-state index >= 15 is 0 Å². The molecule has 0 radical (unpaired) electrons. The Balaban J connectivity index is 1.70. The zero-order valence-corrected chi connectivity index (χ0v) is 23.7.